The van der Waals surface area contributed by atoms with E-state index in [1.807, 2.05) is 0 Å². The van der Waals surface area contributed by atoms with E-state index in [-0.39, 0.29) is 17.9 Å². The van der Waals surface area contributed by atoms with Crippen molar-refractivity contribution in [3.05, 3.63) is 45.1 Å². The van der Waals surface area contributed by atoms with Crippen LogP contribution in [0, 0.1) is 0 Å². The first kappa shape index (κ1) is 19.1. The number of thiophene rings is 1. The third-order valence-corrected chi connectivity index (χ3v) is 4.78. The van der Waals surface area contributed by atoms with Crippen LogP contribution < -0.4 is 5.56 Å². The predicted molar refractivity (Wildman–Crippen MR) is 93.7 cm³/mol. The highest BCUT2D eigenvalue weighted by Gasteiger charge is 2.41. The summed E-state index contributed by atoms with van der Waals surface area (Å²) in [6.45, 7) is 2.94. The molecular formula is C16H16F3N5O2S. The number of alkyl halides is 3. The van der Waals surface area contributed by atoms with Crippen molar-refractivity contribution >= 4 is 27.5 Å². The predicted octanol–water partition coefficient (Wildman–Crippen LogP) is 3.05. The topological polar surface area (TPSA) is 83.9 Å². The summed E-state index contributed by atoms with van der Waals surface area (Å²) in [5.41, 5.74) is -1.51. The molecule has 144 valence electrons. The Labute approximate surface area is 155 Å². The van der Waals surface area contributed by atoms with Gasteiger partial charge in [-0.05, 0) is 25.3 Å². The summed E-state index contributed by atoms with van der Waals surface area (Å²) in [5, 5.41) is 5.43. The van der Waals surface area contributed by atoms with Gasteiger partial charge in [0.1, 0.15) is 10.5 Å². The minimum atomic E-state index is -4.73. The number of nitrogens with one attached hydrogen (secondary N) is 1. The van der Waals surface area contributed by atoms with Crippen LogP contribution in [0.3, 0.4) is 0 Å². The fraction of sp³-hybridized carbons (Fsp3) is 0.375. The molecular weight excluding hydrogens is 383 g/mol. The molecule has 0 saturated carbocycles. The Balaban J connectivity index is 1.92. The van der Waals surface area contributed by atoms with E-state index in [1.54, 1.807) is 25.3 Å². The normalized spacial score (nSPS) is 12.1. The molecule has 0 radical (unpaired) electrons. The molecule has 3 heterocycles. The largest absolute Gasteiger partial charge is 0.433 e. The van der Waals surface area contributed by atoms with Gasteiger partial charge in [0.05, 0.1) is 23.8 Å². The van der Waals surface area contributed by atoms with Crippen LogP contribution in [0.1, 0.15) is 41.8 Å². The number of carbonyl (C=O) groups excluding carboxylic acids is 1. The fourth-order valence-electron chi connectivity index (χ4n) is 2.69. The number of aromatic amines is 1. The maximum Gasteiger partial charge on any atom is 0.433 e. The van der Waals surface area contributed by atoms with E-state index in [2.05, 4.69) is 15.1 Å². The van der Waals surface area contributed by atoms with Crippen molar-refractivity contribution in [2.45, 2.75) is 32.6 Å². The third-order valence-electron chi connectivity index (χ3n) is 3.88. The Morgan fingerprint density at radius 1 is 1.41 bits per heavy atom. The molecule has 0 spiro atoms. The Morgan fingerprint density at radius 3 is 2.74 bits per heavy atom. The molecule has 0 atom stereocenters. The second-order valence-electron chi connectivity index (χ2n) is 6.25. The van der Waals surface area contributed by atoms with Gasteiger partial charge in [0, 0.05) is 13.1 Å². The zero-order valence-corrected chi connectivity index (χ0v) is 15.5. The summed E-state index contributed by atoms with van der Waals surface area (Å²) in [7, 11) is 1.34. The van der Waals surface area contributed by atoms with Gasteiger partial charge >= 0.3 is 6.18 Å². The van der Waals surface area contributed by atoms with Crippen LogP contribution in [0.25, 0.3) is 10.2 Å². The maximum atomic E-state index is 13.5. The lowest BCUT2D eigenvalue weighted by Gasteiger charge is -2.19. The Bertz CT molecular complexity index is 1050. The van der Waals surface area contributed by atoms with Crippen LogP contribution in [-0.2, 0) is 12.7 Å². The summed E-state index contributed by atoms with van der Waals surface area (Å²) in [4.78, 5) is 32.4. The lowest BCUT2D eigenvalue weighted by Crippen LogP contribution is -2.30. The number of aromatic nitrogens is 4. The molecule has 0 unspecified atom stereocenters. The van der Waals surface area contributed by atoms with E-state index < -0.39 is 29.4 Å². The molecule has 3 aromatic heterocycles. The smallest absolute Gasteiger partial charge is 0.334 e. The second kappa shape index (κ2) is 6.80. The van der Waals surface area contributed by atoms with Crippen LogP contribution in [0.5, 0.6) is 0 Å². The van der Waals surface area contributed by atoms with E-state index in [0.29, 0.717) is 10.2 Å². The van der Waals surface area contributed by atoms with Crippen molar-refractivity contribution in [3.63, 3.8) is 0 Å². The number of rotatable bonds is 4. The van der Waals surface area contributed by atoms with Gasteiger partial charge in [0.2, 0.25) is 0 Å². The van der Waals surface area contributed by atoms with Crippen molar-refractivity contribution < 1.29 is 18.0 Å². The molecule has 0 aromatic carbocycles. The van der Waals surface area contributed by atoms with Gasteiger partial charge in [-0.3, -0.25) is 14.3 Å². The maximum absolute atomic E-state index is 13.5. The Kier molecular flexibility index (Phi) is 4.81. The van der Waals surface area contributed by atoms with Gasteiger partial charge in [-0.15, -0.1) is 11.3 Å². The average molecular weight is 399 g/mol. The van der Waals surface area contributed by atoms with Crippen molar-refractivity contribution in [1.82, 2.24) is 24.6 Å². The minimum absolute atomic E-state index is 0.149. The van der Waals surface area contributed by atoms with E-state index in [9.17, 15) is 22.8 Å². The summed E-state index contributed by atoms with van der Waals surface area (Å²) in [6.07, 6.45) is -3.81. The van der Waals surface area contributed by atoms with Crippen LogP contribution in [0.15, 0.2) is 22.4 Å². The van der Waals surface area contributed by atoms with E-state index in [1.165, 1.54) is 18.4 Å². The standard InChI is InChI=1S/C16H16F3N5O2S/c1-8(2)24-13(16(17,18)19)9(6-20-24)15(26)23(3)7-11-21-10-4-5-27-12(10)14(25)22-11/h4-6,8H,7H2,1-3H3,(H,21,22,25). The van der Waals surface area contributed by atoms with E-state index in [4.69, 9.17) is 0 Å². The summed E-state index contributed by atoms with van der Waals surface area (Å²) in [6, 6.07) is 1.10. The van der Waals surface area contributed by atoms with Gasteiger partial charge < -0.3 is 9.88 Å². The number of hydrogen-bond donors (Lipinski definition) is 1. The van der Waals surface area contributed by atoms with Gasteiger partial charge in [0.15, 0.2) is 5.69 Å². The summed E-state index contributed by atoms with van der Waals surface area (Å²) < 4.78 is 41.6. The molecule has 3 aromatic rings. The monoisotopic (exact) mass is 399 g/mol. The molecule has 11 heteroatoms. The number of halogens is 3. The number of nitrogens with zero attached hydrogens (tertiary/aromatic N) is 4. The second-order valence-corrected chi connectivity index (χ2v) is 7.17. The average Bonchev–Trinajstić information content (AvgIpc) is 3.20. The highest BCUT2D eigenvalue weighted by Crippen LogP contribution is 2.34. The Hall–Kier alpha value is -2.69. The third kappa shape index (κ3) is 3.59. The van der Waals surface area contributed by atoms with Crippen molar-refractivity contribution in [2.75, 3.05) is 7.05 Å². The molecule has 0 fully saturated rings. The number of amides is 1. The zero-order chi connectivity index (χ0) is 19.9. The molecule has 0 bridgehead atoms. The van der Waals surface area contributed by atoms with Gasteiger partial charge in [0.25, 0.3) is 11.5 Å². The number of carbonyl (C=O) groups is 1. The molecule has 1 N–H and O–H groups in total. The molecule has 3 rings (SSSR count). The number of H-pyrrole nitrogens is 1. The van der Waals surface area contributed by atoms with Crippen molar-refractivity contribution in [1.29, 1.82) is 0 Å². The van der Waals surface area contributed by atoms with Crippen LogP contribution in [0.4, 0.5) is 13.2 Å². The SMILES string of the molecule is CC(C)n1ncc(C(=O)N(C)Cc2nc3ccsc3c(=O)[nH]2)c1C(F)(F)F. The van der Waals surface area contributed by atoms with Crippen LogP contribution in [0.2, 0.25) is 0 Å². The Morgan fingerprint density at radius 2 is 2.11 bits per heavy atom. The van der Waals surface area contributed by atoms with Crippen LogP contribution >= 0.6 is 11.3 Å². The highest BCUT2D eigenvalue weighted by atomic mass is 32.1. The summed E-state index contributed by atoms with van der Waals surface area (Å²) in [5.74, 6) is -0.672. The molecule has 27 heavy (non-hydrogen) atoms. The molecule has 0 aliphatic carbocycles. The lowest BCUT2D eigenvalue weighted by atomic mass is 10.2. The highest BCUT2D eigenvalue weighted by molar-refractivity contribution is 7.17. The van der Waals surface area contributed by atoms with Crippen molar-refractivity contribution in [3.8, 4) is 0 Å². The molecule has 1 amide bonds. The lowest BCUT2D eigenvalue weighted by molar-refractivity contribution is -0.145. The van der Waals surface area contributed by atoms with E-state index >= 15 is 0 Å². The zero-order valence-electron chi connectivity index (χ0n) is 14.7. The first-order chi connectivity index (χ1) is 12.6. The van der Waals surface area contributed by atoms with Gasteiger partial charge in [-0.2, -0.15) is 18.3 Å². The number of hydrogen-bond acceptors (Lipinski definition) is 5. The van der Waals surface area contributed by atoms with E-state index in [0.717, 1.165) is 15.8 Å². The first-order valence-electron chi connectivity index (χ1n) is 7.96. The molecule has 7 nitrogen and oxygen atoms in total. The number of fused-ring (bicyclic) bond motifs is 1. The summed E-state index contributed by atoms with van der Waals surface area (Å²) >= 11 is 1.23. The van der Waals surface area contributed by atoms with Gasteiger partial charge in [-0.1, -0.05) is 0 Å². The quantitative estimate of drug-likeness (QED) is 0.731. The van der Waals surface area contributed by atoms with Crippen LogP contribution in [-0.4, -0.2) is 37.6 Å². The van der Waals surface area contributed by atoms with Gasteiger partial charge in [-0.25, -0.2) is 4.98 Å². The molecule has 0 aliphatic rings. The fourth-order valence-corrected chi connectivity index (χ4v) is 3.42. The van der Waals surface area contributed by atoms with Crippen molar-refractivity contribution in [2.24, 2.45) is 0 Å². The minimum Gasteiger partial charge on any atom is -0.334 e. The molecule has 0 aliphatic heterocycles. The molecule has 0 saturated heterocycles. The first-order valence-corrected chi connectivity index (χ1v) is 8.84.